The molecule has 6 nitrogen and oxygen atoms in total. The van der Waals surface area contributed by atoms with Gasteiger partial charge in [0, 0.05) is 39.4 Å². The van der Waals surface area contributed by atoms with Gasteiger partial charge in [0.1, 0.15) is 0 Å². The number of nitrogens with one attached hydrogen (secondary N) is 3. The van der Waals surface area contributed by atoms with Gasteiger partial charge in [0.2, 0.25) is 0 Å². The molecule has 1 aromatic rings. The zero-order valence-corrected chi connectivity index (χ0v) is 15.6. The van der Waals surface area contributed by atoms with Crippen molar-refractivity contribution in [3.05, 3.63) is 22.4 Å². The van der Waals surface area contributed by atoms with Crippen LogP contribution in [-0.2, 0) is 4.74 Å². The molecule has 1 rings (SSSR count). The Hall–Kier alpha value is -1.60. The summed E-state index contributed by atoms with van der Waals surface area (Å²) in [6.45, 7) is 8.68. The van der Waals surface area contributed by atoms with Gasteiger partial charge in [-0.1, -0.05) is 6.07 Å². The van der Waals surface area contributed by atoms with Crippen LogP contribution < -0.4 is 16.0 Å². The van der Waals surface area contributed by atoms with Crippen LogP contribution in [0.15, 0.2) is 22.5 Å². The molecule has 0 bridgehead atoms. The van der Waals surface area contributed by atoms with Crippen LogP contribution in [0.3, 0.4) is 0 Å². The quantitative estimate of drug-likeness (QED) is 0.306. The highest BCUT2D eigenvalue weighted by molar-refractivity contribution is 7.12. The summed E-state index contributed by atoms with van der Waals surface area (Å²) >= 11 is 1.45. The van der Waals surface area contributed by atoms with Gasteiger partial charge in [-0.3, -0.25) is 9.79 Å². The van der Waals surface area contributed by atoms with E-state index in [4.69, 9.17) is 4.74 Å². The first-order valence-corrected chi connectivity index (χ1v) is 9.57. The molecule has 0 aromatic carbocycles. The lowest BCUT2D eigenvalue weighted by Crippen LogP contribution is -2.38. The minimum absolute atomic E-state index is 0.00619. The summed E-state index contributed by atoms with van der Waals surface area (Å²) in [4.78, 5) is 17.1. The second-order valence-corrected chi connectivity index (χ2v) is 6.13. The number of carbonyl (C=O) groups excluding carboxylic acids is 1. The molecular weight excluding hydrogens is 324 g/mol. The van der Waals surface area contributed by atoms with E-state index in [1.165, 1.54) is 11.3 Å². The molecule has 24 heavy (non-hydrogen) atoms. The average molecular weight is 355 g/mol. The molecule has 1 heterocycles. The van der Waals surface area contributed by atoms with Gasteiger partial charge in [-0.05, 0) is 44.6 Å². The number of carbonyl (C=O) groups is 1. The van der Waals surface area contributed by atoms with E-state index in [0.717, 1.165) is 56.4 Å². The molecule has 0 unspecified atom stereocenters. The molecule has 0 fully saturated rings. The summed E-state index contributed by atoms with van der Waals surface area (Å²) in [6, 6.07) is 3.71. The van der Waals surface area contributed by atoms with Crippen molar-refractivity contribution in [3.63, 3.8) is 0 Å². The predicted molar refractivity (Wildman–Crippen MR) is 101 cm³/mol. The maximum atomic E-state index is 11.8. The molecule has 136 valence electrons. The van der Waals surface area contributed by atoms with Crippen molar-refractivity contribution in [2.45, 2.75) is 33.1 Å². The van der Waals surface area contributed by atoms with Crippen LogP contribution in [0.4, 0.5) is 0 Å². The van der Waals surface area contributed by atoms with Gasteiger partial charge < -0.3 is 20.7 Å². The van der Waals surface area contributed by atoms with Crippen molar-refractivity contribution in [1.82, 2.24) is 16.0 Å². The minimum Gasteiger partial charge on any atom is -0.382 e. The highest BCUT2D eigenvalue weighted by atomic mass is 32.1. The normalized spacial score (nSPS) is 11.3. The monoisotopic (exact) mass is 354 g/mol. The summed E-state index contributed by atoms with van der Waals surface area (Å²) in [5.41, 5.74) is 0. The van der Waals surface area contributed by atoms with Gasteiger partial charge in [-0.25, -0.2) is 0 Å². The lowest BCUT2D eigenvalue weighted by molar-refractivity contribution is 0.0957. The Kier molecular flexibility index (Phi) is 11.8. The van der Waals surface area contributed by atoms with E-state index in [0.29, 0.717) is 13.1 Å². The van der Waals surface area contributed by atoms with Crippen LogP contribution in [0.2, 0.25) is 0 Å². The van der Waals surface area contributed by atoms with Gasteiger partial charge in [0.05, 0.1) is 4.88 Å². The van der Waals surface area contributed by atoms with E-state index < -0.39 is 0 Å². The Labute approximate surface area is 149 Å². The van der Waals surface area contributed by atoms with Crippen molar-refractivity contribution in [2.24, 2.45) is 4.99 Å². The minimum atomic E-state index is -0.00619. The molecule has 0 spiro atoms. The Morgan fingerprint density at radius 3 is 2.71 bits per heavy atom. The van der Waals surface area contributed by atoms with Crippen molar-refractivity contribution >= 4 is 23.2 Å². The number of thiophene rings is 1. The number of hydrogen-bond donors (Lipinski definition) is 3. The highest BCUT2D eigenvalue weighted by Gasteiger charge is 2.04. The first kappa shape index (κ1) is 20.4. The summed E-state index contributed by atoms with van der Waals surface area (Å²) in [7, 11) is 0. The predicted octanol–water partition coefficient (Wildman–Crippen LogP) is 2.24. The average Bonchev–Trinajstić information content (AvgIpc) is 3.12. The number of aliphatic imine (C=N–C) groups is 1. The maximum absolute atomic E-state index is 11.8. The van der Waals surface area contributed by atoms with Crippen LogP contribution in [0, 0.1) is 0 Å². The summed E-state index contributed by atoms with van der Waals surface area (Å²) in [6.07, 6.45) is 2.92. The van der Waals surface area contributed by atoms with Crippen LogP contribution in [0.1, 0.15) is 42.8 Å². The third-order valence-corrected chi connectivity index (χ3v) is 4.06. The zero-order chi connectivity index (χ0) is 17.5. The standard InChI is InChI=1S/C17H30N4O2S/c1-3-18-17(20-10-5-6-13-23-4-2)21-12-8-11-19-16(22)15-9-7-14-24-15/h7,9,14H,3-6,8,10-13H2,1-2H3,(H,19,22)(H2,18,20,21). The van der Waals surface area contributed by atoms with Crippen molar-refractivity contribution in [3.8, 4) is 0 Å². The molecule has 0 atom stereocenters. The number of amides is 1. The second-order valence-electron chi connectivity index (χ2n) is 5.18. The summed E-state index contributed by atoms with van der Waals surface area (Å²) in [5, 5.41) is 11.4. The van der Waals surface area contributed by atoms with Crippen LogP contribution >= 0.6 is 11.3 Å². The lowest BCUT2D eigenvalue weighted by atomic mass is 10.3. The van der Waals surface area contributed by atoms with Gasteiger partial charge in [-0.2, -0.15) is 0 Å². The first-order chi connectivity index (χ1) is 11.8. The Morgan fingerprint density at radius 2 is 2.00 bits per heavy atom. The number of nitrogens with zero attached hydrogens (tertiary/aromatic N) is 1. The molecule has 0 aliphatic carbocycles. The fraction of sp³-hybridized carbons (Fsp3) is 0.647. The fourth-order valence-corrected chi connectivity index (χ4v) is 2.63. The van der Waals surface area contributed by atoms with Gasteiger partial charge in [0.15, 0.2) is 5.96 Å². The molecule has 3 N–H and O–H groups in total. The van der Waals surface area contributed by atoms with Gasteiger partial charge >= 0.3 is 0 Å². The highest BCUT2D eigenvalue weighted by Crippen LogP contribution is 2.07. The largest absolute Gasteiger partial charge is 0.382 e. The SMILES string of the molecule is CCNC(=NCCCNC(=O)c1cccs1)NCCCCOCC. The van der Waals surface area contributed by atoms with Crippen LogP contribution in [0.25, 0.3) is 0 Å². The third-order valence-electron chi connectivity index (χ3n) is 3.19. The smallest absolute Gasteiger partial charge is 0.261 e. The topological polar surface area (TPSA) is 74.8 Å². The number of unbranched alkanes of at least 4 members (excludes halogenated alkanes) is 1. The maximum Gasteiger partial charge on any atom is 0.261 e. The number of hydrogen-bond acceptors (Lipinski definition) is 4. The van der Waals surface area contributed by atoms with Gasteiger partial charge in [0.25, 0.3) is 5.91 Å². The van der Waals surface area contributed by atoms with Crippen molar-refractivity contribution in [2.75, 3.05) is 39.4 Å². The molecular formula is C17H30N4O2S. The van der Waals surface area contributed by atoms with Crippen molar-refractivity contribution in [1.29, 1.82) is 0 Å². The van der Waals surface area contributed by atoms with E-state index in [-0.39, 0.29) is 5.91 Å². The zero-order valence-electron chi connectivity index (χ0n) is 14.8. The Bertz CT molecular complexity index is 463. The number of rotatable bonds is 12. The molecule has 0 radical (unpaired) electrons. The van der Waals surface area contributed by atoms with E-state index in [9.17, 15) is 4.79 Å². The van der Waals surface area contributed by atoms with E-state index in [1.54, 1.807) is 0 Å². The summed E-state index contributed by atoms with van der Waals surface area (Å²) in [5.74, 6) is 0.826. The fourth-order valence-electron chi connectivity index (χ4n) is 1.99. The Balaban J connectivity index is 2.14. The molecule has 1 amide bonds. The molecule has 0 aliphatic heterocycles. The Morgan fingerprint density at radius 1 is 1.17 bits per heavy atom. The molecule has 0 saturated heterocycles. The summed E-state index contributed by atoms with van der Waals surface area (Å²) < 4.78 is 5.32. The van der Waals surface area contributed by atoms with Gasteiger partial charge in [-0.15, -0.1) is 11.3 Å². The van der Waals surface area contributed by atoms with Crippen LogP contribution in [0.5, 0.6) is 0 Å². The second kappa shape index (κ2) is 13.8. The molecule has 7 heteroatoms. The third kappa shape index (κ3) is 9.52. The lowest BCUT2D eigenvalue weighted by Gasteiger charge is -2.11. The van der Waals surface area contributed by atoms with Crippen LogP contribution in [-0.4, -0.2) is 51.3 Å². The first-order valence-electron chi connectivity index (χ1n) is 8.69. The van der Waals surface area contributed by atoms with Crippen molar-refractivity contribution < 1.29 is 9.53 Å². The number of ether oxygens (including phenoxy) is 1. The number of guanidine groups is 1. The van der Waals surface area contributed by atoms with E-state index in [1.807, 2.05) is 31.4 Å². The molecule has 0 aliphatic rings. The molecule has 1 aromatic heterocycles. The molecule has 0 saturated carbocycles. The van der Waals surface area contributed by atoms with E-state index >= 15 is 0 Å². The van der Waals surface area contributed by atoms with E-state index in [2.05, 4.69) is 20.9 Å².